The molecule has 0 spiro atoms. The Hall–Kier alpha value is -3.22. The summed E-state index contributed by atoms with van der Waals surface area (Å²) in [7, 11) is 0. The molecule has 0 N–H and O–H groups in total. The van der Waals surface area contributed by atoms with Gasteiger partial charge >= 0.3 is 0 Å². The molecule has 0 fully saturated rings. The van der Waals surface area contributed by atoms with Gasteiger partial charge in [0.05, 0.1) is 11.3 Å². The van der Waals surface area contributed by atoms with E-state index in [1.807, 2.05) is 25.1 Å². The Balaban J connectivity index is 1.90. The largest absolute Gasteiger partial charge is 0.417 e. The molecule has 0 aliphatic rings. The van der Waals surface area contributed by atoms with Crippen LogP contribution >= 0.6 is 0 Å². The minimum Gasteiger partial charge on any atom is -0.417 e. The third-order valence-corrected chi connectivity index (χ3v) is 4.02. The molecule has 0 bridgehead atoms. The van der Waals surface area contributed by atoms with E-state index in [-0.39, 0.29) is 17.6 Å². The fraction of sp³-hybridized carbons (Fsp3) is 0.250. The normalized spacial score (nSPS) is 12.0. The van der Waals surface area contributed by atoms with Crippen LogP contribution in [-0.4, -0.2) is 25.9 Å². The summed E-state index contributed by atoms with van der Waals surface area (Å²) in [5.41, 5.74) is 2.69. The van der Waals surface area contributed by atoms with Crippen LogP contribution < -0.4 is 0 Å². The molecule has 27 heavy (non-hydrogen) atoms. The van der Waals surface area contributed by atoms with Crippen molar-refractivity contribution in [2.45, 2.75) is 32.9 Å². The van der Waals surface area contributed by atoms with E-state index in [2.05, 4.69) is 26.7 Å². The molecule has 138 valence electrons. The quantitative estimate of drug-likeness (QED) is 0.462. The van der Waals surface area contributed by atoms with Gasteiger partial charge in [-0.3, -0.25) is 14.8 Å². The van der Waals surface area contributed by atoms with E-state index in [4.69, 9.17) is 4.42 Å². The predicted octanol–water partition coefficient (Wildman–Crippen LogP) is 4.10. The Labute approximate surface area is 156 Å². The molecule has 0 aliphatic carbocycles. The van der Waals surface area contributed by atoms with Crippen LogP contribution in [0.5, 0.6) is 0 Å². The van der Waals surface area contributed by atoms with Crippen molar-refractivity contribution in [1.82, 2.24) is 20.2 Å². The zero-order chi connectivity index (χ0) is 19.4. The first kappa shape index (κ1) is 18.6. The van der Waals surface area contributed by atoms with Crippen molar-refractivity contribution in [3.05, 3.63) is 71.7 Å². The summed E-state index contributed by atoms with van der Waals surface area (Å²) in [5.74, 6) is -0.212. The highest BCUT2D eigenvalue weighted by molar-refractivity contribution is 6.09. The maximum Gasteiger partial charge on any atom is 0.250 e. The van der Waals surface area contributed by atoms with E-state index in [0.717, 1.165) is 5.69 Å². The van der Waals surface area contributed by atoms with Crippen LogP contribution in [0, 0.1) is 0 Å². The van der Waals surface area contributed by atoms with E-state index in [0.29, 0.717) is 35.2 Å². The molecule has 3 rings (SSSR count). The summed E-state index contributed by atoms with van der Waals surface area (Å²) in [6.07, 6.45) is 2.77. The lowest BCUT2D eigenvalue weighted by Crippen LogP contribution is -2.10. The van der Waals surface area contributed by atoms with Gasteiger partial charge < -0.3 is 4.42 Å². The topological polar surface area (TPSA) is 81.8 Å². The van der Waals surface area contributed by atoms with Crippen LogP contribution in [0.1, 0.15) is 47.7 Å². The van der Waals surface area contributed by atoms with Gasteiger partial charge in [-0.1, -0.05) is 19.6 Å². The van der Waals surface area contributed by atoms with Crippen LogP contribution in [0.2, 0.25) is 0 Å². The fourth-order valence-corrected chi connectivity index (χ4v) is 2.59. The van der Waals surface area contributed by atoms with Crippen molar-refractivity contribution >= 4 is 5.78 Å². The Kier molecular flexibility index (Phi) is 5.49. The lowest BCUT2D eigenvalue weighted by atomic mass is 9.97. The van der Waals surface area contributed by atoms with Gasteiger partial charge in [0, 0.05) is 30.1 Å². The van der Waals surface area contributed by atoms with E-state index < -0.39 is 6.17 Å². The zero-order valence-electron chi connectivity index (χ0n) is 15.1. The summed E-state index contributed by atoms with van der Waals surface area (Å²) < 4.78 is 18.6. The number of nitrogens with zero attached hydrogens (tertiary/aromatic N) is 4. The summed E-state index contributed by atoms with van der Waals surface area (Å²) in [6.45, 7) is 7.14. The van der Waals surface area contributed by atoms with Crippen LogP contribution in [0.3, 0.4) is 0 Å². The van der Waals surface area contributed by atoms with Gasteiger partial charge in [-0.2, -0.15) is 0 Å². The van der Waals surface area contributed by atoms with E-state index in [9.17, 15) is 9.18 Å². The summed E-state index contributed by atoms with van der Waals surface area (Å²) in [4.78, 5) is 21.5. The van der Waals surface area contributed by atoms with Crippen molar-refractivity contribution in [3.8, 4) is 11.5 Å². The highest BCUT2D eigenvalue weighted by atomic mass is 19.1. The van der Waals surface area contributed by atoms with Crippen LogP contribution in [0.15, 0.2) is 53.2 Å². The van der Waals surface area contributed by atoms with Crippen LogP contribution in [-0.2, 0) is 12.8 Å². The second kappa shape index (κ2) is 7.99. The highest BCUT2D eigenvalue weighted by Gasteiger charge is 2.20. The summed E-state index contributed by atoms with van der Waals surface area (Å²) in [6, 6.07) is 7.15. The average Bonchev–Trinajstić information content (AvgIpc) is 3.18. The Morgan fingerprint density at radius 2 is 2.11 bits per heavy atom. The van der Waals surface area contributed by atoms with E-state index >= 15 is 0 Å². The van der Waals surface area contributed by atoms with E-state index in [1.165, 1.54) is 13.1 Å². The van der Waals surface area contributed by atoms with Gasteiger partial charge in [-0.15, -0.1) is 10.2 Å². The molecule has 0 aromatic carbocycles. The molecule has 0 radical (unpaired) electrons. The van der Waals surface area contributed by atoms with Gasteiger partial charge in [-0.05, 0) is 37.1 Å². The summed E-state index contributed by atoms with van der Waals surface area (Å²) >= 11 is 0. The van der Waals surface area contributed by atoms with Crippen LogP contribution in [0.4, 0.5) is 4.39 Å². The molecular weight excluding hydrogens is 347 g/mol. The molecule has 0 saturated carbocycles. The second-order valence-corrected chi connectivity index (χ2v) is 6.06. The number of alkyl halides is 1. The van der Waals surface area contributed by atoms with E-state index in [1.54, 1.807) is 12.3 Å². The fourth-order valence-electron chi connectivity index (χ4n) is 2.59. The number of pyridine rings is 2. The number of carbonyl (C=O) groups is 1. The molecule has 1 atom stereocenters. The first-order chi connectivity index (χ1) is 13.0. The first-order valence-electron chi connectivity index (χ1n) is 8.58. The molecule has 0 amide bonds. The van der Waals surface area contributed by atoms with Gasteiger partial charge in [0.1, 0.15) is 0 Å². The number of ketones is 1. The van der Waals surface area contributed by atoms with Crippen molar-refractivity contribution < 1.29 is 13.6 Å². The monoisotopic (exact) mass is 366 g/mol. The predicted molar refractivity (Wildman–Crippen MR) is 97.8 cm³/mol. The van der Waals surface area contributed by atoms with Gasteiger partial charge in [0.25, 0.3) is 5.89 Å². The number of Topliss-reactive ketones (excluding diaryl/α,β-unsaturated/α-hetero) is 1. The SMILES string of the molecule is C=C(Cc1ccccn1)C(=O)c1cc(-c2nnc(C(C)F)o2)cnc1CC. The maximum atomic E-state index is 13.3. The molecule has 3 heterocycles. The summed E-state index contributed by atoms with van der Waals surface area (Å²) in [5, 5.41) is 7.51. The van der Waals surface area contributed by atoms with Crippen molar-refractivity contribution in [3.63, 3.8) is 0 Å². The number of allylic oxidation sites excluding steroid dienone is 1. The van der Waals surface area contributed by atoms with Gasteiger partial charge in [0.2, 0.25) is 5.89 Å². The molecule has 7 heteroatoms. The lowest BCUT2D eigenvalue weighted by molar-refractivity contribution is 0.103. The lowest BCUT2D eigenvalue weighted by Gasteiger charge is -2.09. The average molecular weight is 366 g/mol. The van der Waals surface area contributed by atoms with Crippen molar-refractivity contribution in [1.29, 1.82) is 0 Å². The number of halogens is 1. The number of rotatable bonds is 7. The molecular formula is C20H19FN4O2. The number of aryl methyl sites for hydroxylation is 1. The van der Waals surface area contributed by atoms with Crippen LogP contribution in [0.25, 0.3) is 11.5 Å². The minimum absolute atomic E-state index is 0.114. The smallest absolute Gasteiger partial charge is 0.250 e. The van der Waals surface area contributed by atoms with Gasteiger partial charge in [0.15, 0.2) is 12.0 Å². The zero-order valence-corrected chi connectivity index (χ0v) is 15.1. The molecule has 3 aromatic rings. The molecule has 0 saturated heterocycles. The first-order valence-corrected chi connectivity index (χ1v) is 8.58. The van der Waals surface area contributed by atoms with Crippen molar-refractivity contribution in [2.75, 3.05) is 0 Å². The molecule has 3 aromatic heterocycles. The van der Waals surface area contributed by atoms with Gasteiger partial charge in [-0.25, -0.2) is 4.39 Å². The van der Waals surface area contributed by atoms with Crippen molar-refractivity contribution in [2.24, 2.45) is 0 Å². The standard InChI is InChI=1S/C20H19FN4O2/c1-4-17-16(18(26)12(2)9-15-7-5-6-8-22-15)10-14(11-23-17)20-25-24-19(27-20)13(3)21/h5-8,10-11,13H,2,4,9H2,1,3H3. The number of hydrogen-bond donors (Lipinski definition) is 0. The maximum absolute atomic E-state index is 13.3. The molecule has 1 unspecified atom stereocenters. The molecule has 0 aliphatic heterocycles. The Morgan fingerprint density at radius 1 is 1.30 bits per heavy atom. The number of aromatic nitrogens is 4. The third kappa shape index (κ3) is 4.13. The number of hydrogen-bond acceptors (Lipinski definition) is 6. The highest BCUT2D eigenvalue weighted by Crippen LogP contribution is 2.25. The third-order valence-electron chi connectivity index (χ3n) is 4.02. The second-order valence-electron chi connectivity index (χ2n) is 6.06. The Morgan fingerprint density at radius 3 is 2.74 bits per heavy atom. The number of carbonyl (C=O) groups excluding carboxylic acids is 1. The minimum atomic E-state index is -1.37. The Bertz CT molecular complexity index is 967. The molecule has 6 nitrogen and oxygen atoms in total.